The average molecular weight is 453 g/mol. The van der Waals surface area contributed by atoms with E-state index < -0.39 is 0 Å². The molecule has 0 bridgehead atoms. The summed E-state index contributed by atoms with van der Waals surface area (Å²) in [4.78, 5) is 15.9. The van der Waals surface area contributed by atoms with Crippen LogP contribution in [0.3, 0.4) is 0 Å². The Morgan fingerprint density at radius 1 is 1.04 bits per heavy atom. The van der Waals surface area contributed by atoms with Crippen LogP contribution in [0.1, 0.15) is 35.3 Å². The van der Waals surface area contributed by atoms with Gasteiger partial charge in [-0.15, -0.1) is 24.0 Å². The molecule has 0 aromatic heterocycles. The molecule has 2 aromatic rings. The maximum Gasteiger partial charge on any atom is 0.338 e. The maximum absolute atomic E-state index is 11.6. The molecule has 0 saturated carbocycles. The number of esters is 1. The Balaban J connectivity index is 0.00000312. The van der Waals surface area contributed by atoms with Gasteiger partial charge in [-0.25, -0.2) is 9.79 Å². The lowest BCUT2D eigenvalue weighted by atomic mass is 10.1. The lowest BCUT2D eigenvalue weighted by molar-refractivity contribution is 0.0526. The first-order valence-corrected chi connectivity index (χ1v) is 8.04. The topological polar surface area (TPSA) is 76.7 Å². The van der Waals surface area contributed by atoms with E-state index in [1.54, 1.807) is 19.1 Å². The zero-order chi connectivity index (χ0) is 17.4. The predicted molar refractivity (Wildman–Crippen MR) is 113 cm³/mol. The van der Waals surface area contributed by atoms with Crippen molar-refractivity contribution < 1.29 is 9.53 Å². The number of hydrogen-bond donors (Lipinski definition) is 2. The first-order chi connectivity index (χ1) is 11.6. The van der Waals surface area contributed by atoms with Gasteiger partial charge in [0.1, 0.15) is 0 Å². The molecule has 0 aliphatic heterocycles. The molecule has 0 heterocycles. The number of carbonyl (C=O) groups is 1. The molecule has 0 fully saturated rings. The smallest absolute Gasteiger partial charge is 0.338 e. The molecule has 0 atom stereocenters. The monoisotopic (exact) mass is 453 g/mol. The highest BCUT2D eigenvalue weighted by Gasteiger charge is 2.05. The zero-order valence-corrected chi connectivity index (χ0v) is 16.8. The predicted octanol–water partition coefficient (Wildman–Crippen LogP) is 3.97. The summed E-state index contributed by atoms with van der Waals surface area (Å²) in [7, 11) is 0. The van der Waals surface area contributed by atoms with Crippen LogP contribution in [0.4, 0.5) is 5.69 Å². The van der Waals surface area contributed by atoms with E-state index in [4.69, 9.17) is 10.5 Å². The third-order valence-electron chi connectivity index (χ3n) is 3.53. The Hall–Kier alpha value is -2.09. The van der Waals surface area contributed by atoms with Crippen molar-refractivity contribution in [3.05, 3.63) is 65.2 Å². The van der Waals surface area contributed by atoms with Crippen molar-refractivity contribution in [3.63, 3.8) is 0 Å². The molecule has 134 valence electrons. The fourth-order valence-electron chi connectivity index (χ4n) is 2.15. The van der Waals surface area contributed by atoms with Crippen LogP contribution in [0.5, 0.6) is 0 Å². The van der Waals surface area contributed by atoms with E-state index in [2.05, 4.69) is 29.4 Å². The highest BCUT2D eigenvalue weighted by molar-refractivity contribution is 14.0. The van der Waals surface area contributed by atoms with Crippen molar-refractivity contribution in [2.45, 2.75) is 26.8 Å². The van der Waals surface area contributed by atoms with E-state index in [1.807, 2.05) is 24.3 Å². The standard InChI is InChI=1S/C19H23N3O2.HI/c1-3-14-7-11-17(12-8-14)22-19(20)21-13-15-5-9-16(10-6-15)18(23)24-4-2;/h5-12H,3-4,13H2,1-2H3,(H3,20,21,22);1H. The highest BCUT2D eigenvalue weighted by Crippen LogP contribution is 2.10. The molecule has 5 nitrogen and oxygen atoms in total. The summed E-state index contributed by atoms with van der Waals surface area (Å²) < 4.78 is 4.95. The van der Waals surface area contributed by atoms with E-state index in [0.717, 1.165) is 17.7 Å². The van der Waals surface area contributed by atoms with Crippen LogP contribution >= 0.6 is 24.0 Å². The van der Waals surface area contributed by atoms with E-state index in [-0.39, 0.29) is 29.9 Å². The number of halogens is 1. The number of nitrogens with zero attached hydrogens (tertiary/aromatic N) is 1. The molecular weight excluding hydrogens is 429 g/mol. The van der Waals surface area contributed by atoms with Gasteiger partial charge >= 0.3 is 5.97 Å². The van der Waals surface area contributed by atoms with E-state index in [9.17, 15) is 4.79 Å². The molecule has 0 aliphatic rings. The van der Waals surface area contributed by atoms with Gasteiger partial charge in [0.25, 0.3) is 0 Å². The number of benzene rings is 2. The Morgan fingerprint density at radius 2 is 1.64 bits per heavy atom. The third kappa shape index (κ3) is 6.74. The summed E-state index contributed by atoms with van der Waals surface area (Å²) in [5.41, 5.74) is 9.59. The van der Waals surface area contributed by atoms with E-state index >= 15 is 0 Å². The van der Waals surface area contributed by atoms with Crippen molar-refractivity contribution in [3.8, 4) is 0 Å². The molecule has 0 saturated heterocycles. The zero-order valence-electron chi connectivity index (χ0n) is 14.5. The second-order valence-electron chi connectivity index (χ2n) is 5.29. The van der Waals surface area contributed by atoms with Gasteiger partial charge in [-0.1, -0.05) is 31.2 Å². The van der Waals surface area contributed by atoms with Gasteiger partial charge in [-0.3, -0.25) is 0 Å². The van der Waals surface area contributed by atoms with Crippen molar-refractivity contribution in [1.82, 2.24) is 0 Å². The largest absolute Gasteiger partial charge is 0.462 e. The van der Waals surface area contributed by atoms with Crippen molar-refractivity contribution >= 4 is 41.6 Å². The van der Waals surface area contributed by atoms with Crippen molar-refractivity contribution in [2.75, 3.05) is 11.9 Å². The van der Waals surface area contributed by atoms with Crippen LogP contribution in [-0.2, 0) is 17.7 Å². The van der Waals surface area contributed by atoms with Crippen LogP contribution < -0.4 is 11.1 Å². The molecular formula is C19H24IN3O2. The molecule has 3 N–H and O–H groups in total. The lowest BCUT2D eigenvalue weighted by Gasteiger charge is -2.07. The second-order valence-corrected chi connectivity index (χ2v) is 5.29. The third-order valence-corrected chi connectivity index (χ3v) is 3.53. The molecule has 6 heteroatoms. The molecule has 0 spiro atoms. The SMILES string of the molecule is CCOC(=O)c1ccc(CN=C(N)Nc2ccc(CC)cc2)cc1.I. The first-order valence-electron chi connectivity index (χ1n) is 8.04. The van der Waals surface area contributed by atoms with Crippen LogP contribution in [0, 0.1) is 0 Å². The number of aliphatic imine (C=N–C) groups is 1. The summed E-state index contributed by atoms with van der Waals surface area (Å²) in [5, 5.41) is 3.06. The Morgan fingerprint density at radius 3 is 2.20 bits per heavy atom. The number of guanidine groups is 1. The van der Waals surface area contributed by atoms with Gasteiger partial charge in [-0.05, 0) is 48.7 Å². The number of ether oxygens (including phenoxy) is 1. The average Bonchev–Trinajstić information content (AvgIpc) is 2.61. The summed E-state index contributed by atoms with van der Waals surface area (Å²) >= 11 is 0. The van der Waals surface area contributed by atoms with E-state index in [0.29, 0.717) is 24.7 Å². The maximum atomic E-state index is 11.6. The number of carbonyl (C=O) groups excluding carboxylic acids is 1. The number of hydrogen-bond acceptors (Lipinski definition) is 3. The minimum atomic E-state index is -0.316. The Bertz CT molecular complexity index is 698. The molecule has 2 rings (SSSR count). The first kappa shape index (κ1) is 21.0. The van der Waals surface area contributed by atoms with Gasteiger partial charge in [0.2, 0.25) is 0 Å². The van der Waals surface area contributed by atoms with E-state index in [1.165, 1.54) is 5.56 Å². The molecule has 0 amide bonds. The molecule has 0 radical (unpaired) electrons. The van der Waals surface area contributed by atoms with Crippen molar-refractivity contribution in [1.29, 1.82) is 0 Å². The highest BCUT2D eigenvalue weighted by atomic mass is 127. The number of anilines is 1. The molecule has 0 unspecified atom stereocenters. The van der Waals surface area contributed by atoms with Gasteiger partial charge in [0, 0.05) is 5.69 Å². The number of nitrogens with one attached hydrogen (secondary N) is 1. The van der Waals surface area contributed by atoms with Crippen LogP contribution in [-0.4, -0.2) is 18.5 Å². The fraction of sp³-hybridized carbons (Fsp3) is 0.263. The number of rotatable bonds is 6. The Labute approximate surface area is 165 Å². The fourth-order valence-corrected chi connectivity index (χ4v) is 2.15. The number of nitrogens with two attached hydrogens (primary N) is 1. The van der Waals surface area contributed by atoms with Gasteiger partial charge in [0.05, 0.1) is 18.7 Å². The summed E-state index contributed by atoms with van der Waals surface area (Å²) in [5.74, 6) is 0.0398. The summed E-state index contributed by atoms with van der Waals surface area (Å²) in [6.45, 7) is 4.71. The van der Waals surface area contributed by atoms with Gasteiger partial charge in [0.15, 0.2) is 5.96 Å². The lowest BCUT2D eigenvalue weighted by Crippen LogP contribution is -2.22. The van der Waals surface area contributed by atoms with Crippen LogP contribution in [0.2, 0.25) is 0 Å². The molecule has 25 heavy (non-hydrogen) atoms. The minimum absolute atomic E-state index is 0. The van der Waals surface area contributed by atoms with Crippen LogP contribution in [0.25, 0.3) is 0 Å². The Kier molecular flexibility index (Phi) is 8.98. The summed E-state index contributed by atoms with van der Waals surface area (Å²) in [6, 6.07) is 15.2. The van der Waals surface area contributed by atoms with Crippen molar-refractivity contribution in [2.24, 2.45) is 10.7 Å². The number of aryl methyl sites for hydroxylation is 1. The van der Waals surface area contributed by atoms with Gasteiger partial charge < -0.3 is 15.8 Å². The molecule has 2 aromatic carbocycles. The second kappa shape index (κ2) is 10.7. The van der Waals surface area contributed by atoms with Crippen LogP contribution in [0.15, 0.2) is 53.5 Å². The van der Waals surface area contributed by atoms with Gasteiger partial charge in [-0.2, -0.15) is 0 Å². The molecule has 0 aliphatic carbocycles. The normalized spacial score (nSPS) is 10.7. The quantitative estimate of drug-likeness (QED) is 0.301. The minimum Gasteiger partial charge on any atom is -0.462 e. The summed E-state index contributed by atoms with van der Waals surface area (Å²) in [6.07, 6.45) is 1.01.